The predicted molar refractivity (Wildman–Crippen MR) is 339 cm³/mol. The van der Waals surface area contributed by atoms with Crippen LogP contribution in [-0.4, -0.2) is 9.13 Å². The summed E-state index contributed by atoms with van der Waals surface area (Å²) >= 11 is 0. The number of rotatable bonds is 9. The van der Waals surface area contributed by atoms with Gasteiger partial charge in [-0.05, 0) is 201 Å². The van der Waals surface area contributed by atoms with Gasteiger partial charge in [-0.3, -0.25) is 0 Å². The van der Waals surface area contributed by atoms with E-state index < -0.39 is 0 Å². The Morgan fingerprint density at radius 1 is 0.287 bits per heavy atom. The molecule has 12 aromatic carbocycles. The van der Waals surface area contributed by atoms with E-state index >= 15 is 0 Å². The first-order valence-corrected chi connectivity index (χ1v) is 27.9. The average Bonchev–Trinajstić information content (AvgIpc) is 4.16. The minimum absolute atomic E-state index is 0.236. The van der Waals surface area contributed by atoms with Crippen LogP contribution in [0, 0.1) is 13.8 Å². The minimum atomic E-state index is -0.236. The first kappa shape index (κ1) is 47.3. The van der Waals surface area contributed by atoms with Gasteiger partial charge in [-0.1, -0.05) is 178 Å². The summed E-state index contributed by atoms with van der Waals surface area (Å²) in [5.74, 6) is 0. The maximum atomic E-state index is 2.43. The summed E-state index contributed by atoms with van der Waals surface area (Å²) in [5.41, 5.74) is 27.8. The van der Waals surface area contributed by atoms with Gasteiger partial charge in [0, 0.05) is 55.4 Å². The molecule has 1 aliphatic rings. The number of benzene rings is 12. The molecule has 14 aromatic rings. The first-order chi connectivity index (χ1) is 39.2. The van der Waals surface area contributed by atoms with E-state index in [1.165, 1.54) is 122 Å². The molecule has 3 nitrogen and oxygen atoms in total. The molecule has 0 saturated heterocycles. The Morgan fingerprint density at radius 3 is 1.31 bits per heavy atom. The smallest absolute Gasteiger partial charge is 0.0541 e. The van der Waals surface area contributed by atoms with Crippen molar-refractivity contribution in [3.63, 3.8) is 0 Å². The number of aromatic nitrogens is 2. The van der Waals surface area contributed by atoms with Crippen molar-refractivity contribution < 1.29 is 0 Å². The summed E-state index contributed by atoms with van der Waals surface area (Å²) in [4.78, 5) is 2.40. The van der Waals surface area contributed by atoms with E-state index in [0.29, 0.717) is 0 Å². The van der Waals surface area contributed by atoms with Crippen LogP contribution in [0.1, 0.15) is 36.1 Å². The lowest BCUT2D eigenvalue weighted by molar-refractivity contribution is 0.660. The standard InChI is InChI=1S/C77H57N3/c1-50-18-17-19-51(2)76(50)55-34-43-75-69(47-55)68-26-13-16-29-74(68)79(75)61-37-32-54(33-38-61)58-45-56(52-20-7-5-8-21-52)44-57(46-58)53-30-35-60(36-31-53)78(59-22-9-6-10-23-59)62-39-41-64-65-42-40-63(49-71(65)77(3,4)70(64)48-62)80-72-27-14-11-24-66(72)67-25-12-15-28-73(67)80/h5-49H,1-4H3. The van der Waals surface area contributed by atoms with Gasteiger partial charge in [0.25, 0.3) is 0 Å². The minimum Gasteiger partial charge on any atom is -0.310 e. The second kappa shape index (κ2) is 18.6. The Bertz CT molecular complexity index is 4660. The topological polar surface area (TPSA) is 13.1 Å². The lowest BCUT2D eigenvalue weighted by Gasteiger charge is -2.28. The molecular weight excluding hydrogens is 967 g/mol. The molecule has 0 spiro atoms. The molecule has 15 rings (SSSR count). The molecule has 0 unspecified atom stereocenters. The van der Waals surface area contributed by atoms with Crippen molar-refractivity contribution in [2.24, 2.45) is 0 Å². The highest BCUT2D eigenvalue weighted by atomic mass is 15.1. The van der Waals surface area contributed by atoms with Crippen LogP contribution in [0.15, 0.2) is 273 Å². The molecule has 380 valence electrons. The Kier molecular flexibility index (Phi) is 11.0. The second-order valence-electron chi connectivity index (χ2n) is 22.2. The number of aryl methyl sites for hydroxylation is 2. The van der Waals surface area contributed by atoms with Gasteiger partial charge in [0.1, 0.15) is 0 Å². The third kappa shape index (κ3) is 7.64. The number of nitrogens with zero attached hydrogens (tertiary/aromatic N) is 3. The van der Waals surface area contributed by atoms with Crippen LogP contribution in [0.25, 0.3) is 111 Å². The maximum Gasteiger partial charge on any atom is 0.0541 e. The molecule has 80 heavy (non-hydrogen) atoms. The number of para-hydroxylation sites is 4. The summed E-state index contributed by atoms with van der Waals surface area (Å²) in [6, 6.07) is 101. The van der Waals surface area contributed by atoms with Crippen molar-refractivity contribution in [2.45, 2.75) is 33.1 Å². The SMILES string of the molecule is Cc1cccc(C)c1-c1ccc2c(c1)c1ccccc1n2-c1ccc(-c2cc(-c3ccccc3)cc(-c3ccc(N(c4ccccc4)c4ccc5c(c4)C(C)(C)c4cc(-n6c7ccccc7c7ccccc76)ccc4-5)cc3)c2)cc1. The lowest BCUT2D eigenvalue weighted by Crippen LogP contribution is -2.17. The zero-order valence-corrected chi connectivity index (χ0v) is 45.3. The van der Waals surface area contributed by atoms with Gasteiger partial charge in [0.2, 0.25) is 0 Å². The van der Waals surface area contributed by atoms with Crippen molar-refractivity contribution in [1.82, 2.24) is 9.13 Å². The highest BCUT2D eigenvalue weighted by Gasteiger charge is 2.37. The quantitative estimate of drug-likeness (QED) is 0.140. The van der Waals surface area contributed by atoms with E-state index in [2.05, 4.69) is 315 Å². The van der Waals surface area contributed by atoms with Crippen LogP contribution in [0.4, 0.5) is 17.1 Å². The molecule has 0 radical (unpaired) electrons. The molecule has 2 heterocycles. The molecule has 0 bridgehead atoms. The van der Waals surface area contributed by atoms with Crippen LogP contribution in [0.2, 0.25) is 0 Å². The van der Waals surface area contributed by atoms with Crippen LogP contribution in [0.5, 0.6) is 0 Å². The summed E-state index contributed by atoms with van der Waals surface area (Å²) in [6.45, 7) is 9.20. The Hall–Kier alpha value is -9.96. The second-order valence-corrected chi connectivity index (χ2v) is 22.2. The zero-order valence-electron chi connectivity index (χ0n) is 45.3. The van der Waals surface area contributed by atoms with Gasteiger partial charge in [0.05, 0.1) is 22.1 Å². The van der Waals surface area contributed by atoms with Crippen LogP contribution in [-0.2, 0) is 5.41 Å². The van der Waals surface area contributed by atoms with Gasteiger partial charge in [-0.2, -0.15) is 0 Å². The molecule has 0 amide bonds. The fourth-order valence-corrected chi connectivity index (χ4v) is 13.3. The lowest BCUT2D eigenvalue weighted by atomic mass is 9.82. The summed E-state index contributed by atoms with van der Waals surface area (Å²) < 4.78 is 4.85. The monoisotopic (exact) mass is 1020 g/mol. The third-order valence-corrected chi connectivity index (χ3v) is 17.2. The maximum absolute atomic E-state index is 2.43. The molecule has 0 atom stereocenters. The van der Waals surface area contributed by atoms with Gasteiger partial charge < -0.3 is 14.0 Å². The van der Waals surface area contributed by atoms with E-state index in [4.69, 9.17) is 0 Å². The van der Waals surface area contributed by atoms with Gasteiger partial charge in [-0.15, -0.1) is 0 Å². The van der Waals surface area contributed by atoms with Crippen LogP contribution < -0.4 is 4.90 Å². The summed E-state index contributed by atoms with van der Waals surface area (Å²) in [7, 11) is 0. The van der Waals surface area contributed by atoms with Gasteiger partial charge in [-0.25, -0.2) is 0 Å². The largest absolute Gasteiger partial charge is 0.310 e. The summed E-state index contributed by atoms with van der Waals surface area (Å²) in [6.07, 6.45) is 0. The third-order valence-electron chi connectivity index (χ3n) is 17.2. The Balaban J connectivity index is 0.777. The van der Waals surface area contributed by atoms with E-state index in [9.17, 15) is 0 Å². The Labute approximate surface area is 467 Å². The number of hydrogen-bond donors (Lipinski definition) is 0. The fourth-order valence-electron chi connectivity index (χ4n) is 13.3. The van der Waals surface area contributed by atoms with E-state index in [1.54, 1.807) is 0 Å². The van der Waals surface area contributed by atoms with Crippen LogP contribution >= 0.6 is 0 Å². The van der Waals surface area contributed by atoms with Crippen molar-refractivity contribution >= 4 is 60.7 Å². The van der Waals surface area contributed by atoms with Crippen molar-refractivity contribution in [3.05, 3.63) is 295 Å². The highest BCUT2D eigenvalue weighted by Crippen LogP contribution is 2.52. The molecule has 0 fully saturated rings. The van der Waals surface area contributed by atoms with Gasteiger partial charge in [0.15, 0.2) is 0 Å². The molecule has 2 aromatic heterocycles. The molecule has 1 aliphatic carbocycles. The van der Waals surface area contributed by atoms with Crippen molar-refractivity contribution in [3.8, 4) is 67.0 Å². The normalized spacial score (nSPS) is 12.6. The highest BCUT2D eigenvalue weighted by molar-refractivity contribution is 6.11. The van der Waals surface area contributed by atoms with Gasteiger partial charge >= 0.3 is 0 Å². The number of fused-ring (bicyclic) bond motifs is 9. The molecule has 0 N–H and O–H groups in total. The predicted octanol–water partition coefficient (Wildman–Crippen LogP) is 20.9. The number of anilines is 3. The van der Waals surface area contributed by atoms with Crippen molar-refractivity contribution in [1.29, 1.82) is 0 Å². The van der Waals surface area contributed by atoms with E-state index in [0.717, 1.165) is 28.3 Å². The van der Waals surface area contributed by atoms with Crippen LogP contribution in [0.3, 0.4) is 0 Å². The van der Waals surface area contributed by atoms with E-state index in [-0.39, 0.29) is 5.41 Å². The molecular formula is C77H57N3. The first-order valence-electron chi connectivity index (χ1n) is 27.9. The van der Waals surface area contributed by atoms with Crippen molar-refractivity contribution in [2.75, 3.05) is 4.90 Å². The Morgan fingerprint density at radius 2 is 0.713 bits per heavy atom. The molecule has 3 heteroatoms. The fraction of sp³-hybridized carbons (Fsp3) is 0.0649. The molecule has 0 saturated carbocycles. The number of hydrogen-bond acceptors (Lipinski definition) is 1. The van der Waals surface area contributed by atoms with E-state index in [1.807, 2.05) is 0 Å². The summed E-state index contributed by atoms with van der Waals surface area (Å²) in [5, 5.41) is 5.07. The zero-order chi connectivity index (χ0) is 53.6. The average molecular weight is 1020 g/mol. The molecule has 0 aliphatic heterocycles.